The molecule has 1 aromatic rings. The largest absolute Gasteiger partial charge is 0.495 e. The molecule has 5 heteroatoms. The highest BCUT2D eigenvalue weighted by Gasteiger charge is 2.16. The molecule has 0 aliphatic carbocycles. The van der Waals surface area contributed by atoms with Crippen molar-refractivity contribution >= 4 is 11.6 Å². The number of nitrogens with one attached hydrogen (secondary N) is 1. The number of hydrogen-bond donors (Lipinski definition) is 2. The van der Waals surface area contributed by atoms with E-state index >= 15 is 0 Å². The maximum atomic E-state index is 8.74. The zero-order valence-electron chi connectivity index (χ0n) is 9.63. The molecule has 0 aliphatic heterocycles. The molecule has 0 aliphatic rings. The lowest BCUT2D eigenvalue weighted by atomic mass is 10.1. The van der Waals surface area contributed by atoms with Crippen LogP contribution >= 0.6 is 11.6 Å². The molecule has 0 radical (unpaired) electrons. The van der Waals surface area contributed by atoms with Crippen LogP contribution in [0.25, 0.3) is 0 Å². The number of aryl methyl sites for hydroxylation is 1. The summed E-state index contributed by atoms with van der Waals surface area (Å²) < 4.78 is 10.5. The molecule has 0 fully saturated rings. The van der Waals surface area contributed by atoms with E-state index in [1.54, 1.807) is 7.11 Å². The van der Waals surface area contributed by atoms with Gasteiger partial charge in [0.1, 0.15) is 16.5 Å². The van der Waals surface area contributed by atoms with Gasteiger partial charge in [0.25, 0.3) is 0 Å². The van der Waals surface area contributed by atoms with E-state index in [2.05, 4.69) is 5.48 Å². The quantitative estimate of drug-likeness (QED) is 0.783. The summed E-state index contributed by atoms with van der Waals surface area (Å²) in [5, 5.41) is 9.18. The number of ether oxygens (including phenoxy) is 2. The number of rotatable bonds is 5. The second-order valence-electron chi connectivity index (χ2n) is 3.26. The molecule has 0 bridgehead atoms. The van der Waals surface area contributed by atoms with Gasteiger partial charge in [-0.1, -0.05) is 18.5 Å². The molecule has 4 nitrogen and oxygen atoms in total. The Morgan fingerprint density at radius 3 is 2.25 bits per heavy atom. The van der Waals surface area contributed by atoms with E-state index < -0.39 is 0 Å². The Balaban J connectivity index is 3.35. The van der Waals surface area contributed by atoms with Gasteiger partial charge in [-0.3, -0.25) is 0 Å². The fourth-order valence-electron chi connectivity index (χ4n) is 1.65. The van der Waals surface area contributed by atoms with Crippen molar-refractivity contribution < 1.29 is 14.7 Å². The average Bonchev–Trinajstić information content (AvgIpc) is 2.29. The van der Waals surface area contributed by atoms with Crippen molar-refractivity contribution in [1.82, 2.24) is 5.48 Å². The first-order chi connectivity index (χ1) is 7.69. The average molecular weight is 246 g/mol. The van der Waals surface area contributed by atoms with E-state index in [0.717, 1.165) is 17.5 Å². The smallest absolute Gasteiger partial charge is 0.145 e. The third-order valence-corrected chi connectivity index (χ3v) is 2.73. The lowest BCUT2D eigenvalue weighted by Gasteiger charge is -2.16. The Bertz CT molecular complexity index is 369. The zero-order chi connectivity index (χ0) is 12.1. The number of methoxy groups -OCH3 is 2. The summed E-state index contributed by atoms with van der Waals surface area (Å²) in [6.45, 7) is 2.29. The van der Waals surface area contributed by atoms with Gasteiger partial charge < -0.3 is 14.7 Å². The van der Waals surface area contributed by atoms with Crippen molar-refractivity contribution in [2.24, 2.45) is 0 Å². The fourth-order valence-corrected chi connectivity index (χ4v) is 2.04. The SMILES string of the molecule is CCc1cc(CNO)c(OC)c(Cl)c1OC. The summed E-state index contributed by atoms with van der Waals surface area (Å²) in [5.74, 6) is 1.15. The zero-order valence-corrected chi connectivity index (χ0v) is 10.4. The van der Waals surface area contributed by atoms with Crippen molar-refractivity contribution in [3.8, 4) is 11.5 Å². The van der Waals surface area contributed by atoms with Gasteiger partial charge in [0.15, 0.2) is 0 Å². The van der Waals surface area contributed by atoms with Crippen molar-refractivity contribution in [2.45, 2.75) is 19.9 Å². The summed E-state index contributed by atoms with van der Waals surface area (Å²) >= 11 is 6.17. The minimum absolute atomic E-state index is 0.278. The van der Waals surface area contributed by atoms with Crippen LogP contribution in [0.15, 0.2) is 6.07 Å². The van der Waals surface area contributed by atoms with Crippen LogP contribution in [0.2, 0.25) is 5.02 Å². The van der Waals surface area contributed by atoms with Crippen molar-refractivity contribution in [3.63, 3.8) is 0 Å². The molecule has 90 valence electrons. The molecule has 1 rings (SSSR count). The Hall–Kier alpha value is -0.970. The van der Waals surface area contributed by atoms with Gasteiger partial charge in [-0.25, -0.2) is 5.48 Å². The van der Waals surface area contributed by atoms with Crippen LogP contribution in [0, 0.1) is 0 Å². The molecular weight excluding hydrogens is 230 g/mol. The molecule has 0 unspecified atom stereocenters. The van der Waals surface area contributed by atoms with E-state index in [0.29, 0.717) is 16.5 Å². The van der Waals surface area contributed by atoms with Crippen molar-refractivity contribution in [2.75, 3.05) is 14.2 Å². The van der Waals surface area contributed by atoms with Crippen molar-refractivity contribution in [3.05, 3.63) is 22.2 Å². The molecule has 16 heavy (non-hydrogen) atoms. The predicted octanol–water partition coefficient (Wildman–Crippen LogP) is 2.40. The molecule has 0 aromatic heterocycles. The minimum Gasteiger partial charge on any atom is -0.495 e. The monoisotopic (exact) mass is 245 g/mol. The molecule has 0 spiro atoms. The third kappa shape index (κ3) is 2.40. The minimum atomic E-state index is 0.278. The highest BCUT2D eigenvalue weighted by atomic mass is 35.5. The Labute approximate surface area is 100 Å². The topological polar surface area (TPSA) is 50.7 Å². The van der Waals surface area contributed by atoms with Crippen LogP contribution in [-0.4, -0.2) is 19.4 Å². The normalized spacial score (nSPS) is 10.3. The van der Waals surface area contributed by atoms with E-state index in [1.165, 1.54) is 7.11 Å². The highest BCUT2D eigenvalue weighted by Crippen LogP contribution is 2.40. The summed E-state index contributed by atoms with van der Waals surface area (Å²) in [6, 6.07) is 1.91. The lowest BCUT2D eigenvalue weighted by Crippen LogP contribution is -2.09. The summed E-state index contributed by atoms with van der Waals surface area (Å²) in [7, 11) is 3.11. The number of hydroxylamine groups is 1. The molecule has 1 aromatic carbocycles. The van der Waals surface area contributed by atoms with Gasteiger partial charge >= 0.3 is 0 Å². The summed E-state index contributed by atoms with van der Waals surface area (Å²) in [6.07, 6.45) is 0.797. The Morgan fingerprint density at radius 1 is 1.25 bits per heavy atom. The van der Waals surface area contributed by atoms with Gasteiger partial charge in [-0.2, -0.15) is 0 Å². The summed E-state index contributed by atoms with van der Waals surface area (Å²) in [5.41, 5.74) is 3.88. The third-order valence-electron chi connectivity index (χ3n) is 2.39. The highest BCUT2D eigenvalue weighted by molar-refractivity contribution is 6.33. The number of hydrogen-bond acceptors (Lipinski definition) is 4. The van der Waals surface area contributed by atoms with Crippen LogP contribution in [0.5, 0.6) is 11.5 Å². The molecule has 0 saturated carbocycles. The standard InChI is InChI=1S/C11H16ClNO3/c1-4-7-5-8(6-13-14)11(16-3)9(12)10(7)15-2/h5,13-14H,4,6H2,1-3H3. The maximum Gasteiger partial charge on any atom is 0.145 e. The van der Waals surface area contributed by atoms with E-state index in [-0.39, 0.29) is 6.54 Å². The summed E-state index contributed by atoms with van der Waals surface area (Å²) in [4.78, 5) is 0. The van der Waals surface area contributed by atoms with E-state index in [4.69, 9.17) is 26.3 Å². The van der Waals surface area contributed by atoms with Gasteiger partial charge in [0.2, 0.25) is 0 Å². The molecule has 0 atom stereocenters. The van der Waals surface area contributed by atoms with E-state index in [9.17, 15) is 0 Å². The molecule has 0 heterocycles. The van der Waals surface area contributed by atoms with Gasteiger partial charge in [0, 0.05) is 12.1 Å². The van der Waals surface area contributed by atoms with Crippen LogP contribution < -0.4 is 15.0 Å². The molecule has 0 amide bonds. The number of benzene rings is 1. The van der Waals surface area contributed by atoms with Gasteiger partial charge in [-0.15, -0.1) is 0 Å². The molecule has 2 N–H and O–H groups in total. The Kier molecular flexibility index (Phi) is 4.86. The fraction of sp³-hybridized carbons (Fsp3) is 0.455. The Morgan fingerprint density at radius 2 is 1.81 bits per heavy atom. The first-order valence-electron chi connectivity index (χ1n) is 4.98. The van der Waals surface area contributed by atoms with Crippen molar-refractivity contribution in [1.29, 1.82) is 0 Å². The predicted molar refractivity (Wildman–Crippen MR) is 62.6 cm³/mol. The van der Waals surface area contributed by atoms with Crippen LogP contribution in [-0.2, 0) is 13.0 Å². The first-order valence-corrected chi connectivity index (χ1v) is 5.36. The van der Waals surface area contributed by atoms with Crippen LogP contribution in [0.4, 0.5) is 0 Å². The second kappa shape index (κ2) is 5.94. The molecule has 0 saturated heterocycles. The molecular formula is C11H16ClNO3. The lowest BCUT2D eigenvalue weighted by molar-refractivity contribution is 0.160. The van der Waals surface area contributed by atoms with Gasteiger partial charge in [0.05, 0.1) is 14.2 Å². The van der Waals surface area contributed by atoms with Crippen LogP contribution in [0.1, 0.15) is 18.1 Å². The first kappa shape index (κ1) is 13.1. The van der Waals surface area contributed by atoms with Crippen LogP contribution in [0.3, 0.4) is 0 Å². The van der Waals surface area contributed by atoms with E-state index in [1.807, 2.05) is 13.0 Å². The number of halogens is 1. The second-order valence-corrected chi connectivity index (χ2v) is 3.64. The maximum absolute atomic E-state index is 8.74. The van der Waals surface area contributed by atoms with Gasteiger partial charge in [-0.05, 0) is 18.1 Å².